The third-order valence-electron chi connectivity index (χ3n) is 4.69. The maximum atomic E-state index is 12.2. The molecule has 0 bridgehead atoms. The number of carbonyl (C=O) groups is 1. The molecule has 2 atom stereocenters. The summed E-state index contributed by atoms with van der Waals surface area (Å²) in [4.78, 5) is 26.9. The number of aromatic amines is 1. The van der Waals surface area contributed by atoms with Gasteiger partial charge in [0.2, 0.25) is 0 Å². The Labute approximate surface area is 146 Å². The Morgan fingerprint density at radius 1 is 1.32 bits per heavy atom. The second-order valence-corrected chi connectivity index (χ2v) is 6.52. The molecule has 2 aromatic heterocycles. The Morgan fingerprint density at radius 2 is 2.16 bits per heavy atom. The van der Waals surface area contributed by atoms with Gasteiger partial charge < -0.3 is 19.5 Å². The fraction of sp³-hybridized carbons (Fsp3) is 0.474. The number of nitrogens with one attached hydrogen (secondary N) is 2. The van der Waals surface area contributed by atoms with E-state index in [9.17, 15) is 9.59 Å². The second kappa shape index (κ2) is 8.16. The number of hydrogen-bond acceptors (Lipinski definition) is 4. The van der Waals surface area contributed by atoms with E-state index in [2.05, 4.69) is 17.2 Å². The molecule has 0 aliphatic heterocycles. The smallest absolute Gasteiger partial charge is 0.261 e. The van der Waals surface area contributed by atoms with Crippen LogP contribution in [-0.2, 0) is 4.74 Å². The van der Waals surface area contributed by atoms with E-state index in [1.165, 1.54) is 31.6 Å². The molecule has 1 aliphatic carbocycles. The first-order valence-electron chi connectivity index (χ1n) is 8.82. The molecule has 134 valence electrons. The first-order chi connectivity index (χ1) is 12.1. The zero-order valence-electron chi connectivity index (χ0n) is 14.4. The summed E-state index contributed by atoms with van der Waals surface area (Å²) >= 11 is 0. The standard InChI is InChI=1S/C19H24N2O4/c1-13-5-2-3-6-16(13)25-12-10-20-18(22)14-8-9-15(21-19(14)23)17-7-4-11-24-17/h4,7-9,11,13,16H,2-3,5-6,10,12H2,1H3,(H,20,22)(H,21,23)/t13-,16+/m1/s1. The van der Waals surface area contributed by atoms with Crippen LogP contribution >= 0.6 is 0 Å². The van der Waals surface area contributed by atoms with Gasteiger partial charge in [-0.25, -0.2) is 0 Å². The van der Waals surface area contributed by atoms with E-state index >= 15 is 0 Å². The number of hydrogen-bond donors (Lipinski definition) is 2. The molecule has 1 amide bonds. The van der Waals surface area contributed by atoms with Crippen molar-refractivity contribution in [1.82, 2.24) is 10.3 Å². The van der Waals surface area contributed by atoms with E-state index in [4.69, 9.17) is 9.15 Å². The lowest BCUT2D eigenvalue weighted by Gasteiger charge is -2.28. The van der Waals surface area contributed by atoms with Crippen LogP contribution in [-0.4, -0.2) is 30.1 Å². The lowest BCUT2D eigenvalue weighted by atomic mass is 9.88. The molecule has 0 spiro atoms. The molecule has 0 aromatic carbocycles. The Kier molecular flexibility index (Phi) is 5.71. The predicted molar refractivity (Wildman–Crippen MR) is 94.5 cm³/mol. The van der Waals surface area contributed by atoms with Crippen LogP contribution < -0.4 is 10.9 Å². The SMILES string of the molecule is C[C@@H]1CCCC[C@@H]1OCCNC(=O)c1ccc(-c2ccco2)[nH]c1=O. The summed E-state index contributed by atoms with van der Waals surface area (Å²) in [7, 11) is 0. The third kappa shape index (κ3) is 4.39. The average Bonchev–Trinajstić information content (AvgIpc) is 3.14. The minimum Gasteiger partial charge on any atom is -0.463 e. The molecule has 2 heterocycles. The average molecular weight is 344 g/mol. The monoisotopic (exact) mass is 344 g/mol. The van der Waals surface area contributed by atoms with Crippen LogP contribution in [0.1, 0.15) is 43.0 Å². The van der Waals surface area contributed by atoms with E-state index < -0.39 is 11.5 Å². The fourth-order valence-corrected chi connectivity index (χ4v) is 3.23. The van der Waals surface area contributed by atoms with E-state index in [0.717, 1.165) is 6.42 Å². The van der Waals surface area contributed by atoms with Gasteiger partial charge >= 0.3 is 0 Å². The maximum Gasteiger partial charge on any atom is 0.261 e. The summed E-state index contributed by atoms with van der Waals surface area (Å²) < 4.78 is 11.1. The van der Waals surface area contributed by atoms with Gasteiger partial charge in [0.25, 0.3) is 11.5 Å². The van der Waals surface area contributed by atoms with Crippen molar-refractivity contribution in [3.63, 3.8) is 0 Å². The normalized spacial score (nSPS) is 20.4. The molecule has 6 heteroatoms. The van der Waals surface area contributed by atoms with Crippen LogP contribution in [0.15, 0.2) is 39.7 Å². The number of aromatic nitrogens is 1. The first kappa shape index (κ1) is 17.5. The highest BCUT2D eigenvalue weighted by Crippen LogP contribution is 2.26. The van der Waals surface area contributed by atoms with Crippen LogP contribution in [0.25, 0.3) is 11.5 Å². The van der Waals surface area contributed by atoms with Gasteiger partial charge in [-0.05, 0) is 43.0 Å². The molecule has 1 aliphatic rings. The Balaban J connectivity index is 1.50. The van der Waals surface area contributed by atoms with Gasteiger partial charge in [0.1, 0.15) is 11.3 Å². The van der Waals surface area contributed by atoms with Crippen molar-refractivity contribution in [2.75, 3.05) is 13.2 Å². The van der Waals surface area contributed by atoms with Crippen molar-refractivity contribution in [2.45, 2.75) is 38.7 Å². The fourth-order valence-electron chi connectivity index (χ4n) is 3.23. The van der Waals surface area contributed by atoms with Crippen molar-refractivity contribution in [1.29, 1.82) is 0 Å². The zero-order valence-corrected chi connectivity index (χ0v) is 14.4. The van der Waals surface area contributed by atoms with Crippen molar-refractivity contribution >= 4 is 5.91 Å². The van der Waals surface area contributed by atoms with E-state index in [1.54, 1.807) is 18.2 Å². The van der Waals surface area contributed by atoms with E-state index in [-0.39, 0.29) is 11.7 Å². The number of amides is 1. The number of carbonyl (C=O) groups excluding carboxylic acids is 1. The summed E-state index contributed by atoms with van der Waals surface area (Å²) in [6.07, 6.45) is 6.58. The maximum absolute atomic E-state index is 12.2. The van der Waals surface area contributed by atoms with E-state index in [1.807, 2.05) is 0 Å². The number of rotatable bonds is 6. The molecule has 25 heavy (non-hydrogen) atoms. The Hall–Kier alpha value is -2.34. The largest absolute Gasteiger partial charge is 0.463 e. The predicted octanol–water partition coefficient (Wildman–Crippen LogP) is 2.96. The first-order valence-corrected chi connectivity index (χ1v) is 8.82. The summed E-state index contributed by atoms with van der Waals surface area (Å²) in [5.74, 6) is 0.730. The van der Waals surface area contributed by atoms with Gasteiger partial charge in [-0.1, -0.05) is 19.8 Å². The molecule has 2 N–H and O–H groups in total. The van der Waals surface area contributed by atoms with Gasteiger partial charge in [-0.15, -0.1) is 0 Å². The zero-order chi connectivity index (χ0) is 17.6. The lowest BCUT2D eigenvalue weighted by Crippen LogP contribution is -2.34. The molecule has 2 aromatic rings. The lowest BCUT2D eigenvalue weighted by molar-refractivity contribution is -0.00294. The van der Waals surface area contributed by atoms with Crippen LogP contribution in [0.5, 0.6) is 0 Å². The molecule has 0 unspecified atom stereocenters. The number of furan rings is 1. The van der Waals surface area contributed by atoms with Crippen molar-refractivity contribution in [2.24, 2.45) is 5.92 Å². The topological polar surface area (TPSA) is 84.3 Å². The number of pyridine rings is 1. The van der Waals surface area contributed by atoms with Crippen molar-refractivity contribution in [3.05, 3.63) is 46.4 Å². The Bertz CT molecular complexity index is 751. The molecular weight excluding hydrogens is 320 g/mol. The minimum atomic E-state index is -0.437. The third-order valence-corrected chi connectivity index (χ3v) is 4.69. The summed E-state index contributed by atoms with van der Waals surface area (Å²) in [6, 6.07) is 6.65. The summed E-state index contributed by atoms with van der Waals surface area (Å²) in [5, 5.41) is 2.74. The molecule has 1 fully saturated rings. The van der Waals surface area contributed by atoms with Gasteiger partial charge in [-0.3, -0.25) is 9.59 Å². The molecule has 1 saturated carbocycles. The highest BCUT2D eigenvalue weighted by molar-refractivity contribution is 5.94. The summed E-state index contributed by atoms with van der Waals surface area (Å²) in [5.41, 5.74) is 0.190. The van der Waals surface area contributed by atoms with Crippen LogP contribution in [0, 0.1) is 5.92 Å². The summed E-state index contributed by atoms with van der Waals surface area (Å²) in [6.45, 7) is 3.06. The second-order valence-electron chi connectivity index (χ2n) is 6.52. The molecule has 6 nitrogen and oxygen atoms in total. The van der Waals surface area contributed by atoms with Crippen LogP contribution in [0.2, 0.25) is 0 Å². The quantitative estimate of drug-likeness (QED) is 0.789. The molecule has 3 rings (SSSR count). The number of H-pyrrole nitrogens is 1. The van der Waals surface area contributed by atoms with Crippen LogP contribution in [0.3, 0.4) is 0 Å². The minimum absolute atomic E-state index is 0.0846. The van der Waals surface area contributed by atoms with Gasteiger partial charge in [0.15, 0.2) is 0 Å². The Morgan fingerprint density at radius 3 is 2.88 bits per heavy atom. The van der Waals surface area contributed by atoms with Gasteiger partial charge in [-0.2, -0.15) is 0 Å². The highest BCUT2D eigenvalue weighted by atomic mass is 16.5. The van der Waals surface area contributed by atoms with Crippen molar-refractivity contribution in [3.8, 4) is 11.5 Å². The molecule has 0 saturated heterocycles. The number of ether oxygens (including phenoxy) is 1. The van der Waals surface area contributed by atoms with Gasteiger partial charge in [0, 0.05) is 6.54 Å². The molecular formula is C19H24N2O4. The van der Waals surface area contributed by atoms with Crippen LogP contribution in [0.4, 0.5) is 0 Å². The highest BCUT2D eigenvalue weighted by Gasteiger charge is 2.21. The van der Waals surface area contributed by atoms with E-state index in [0.29, 0.717) is 30.5 Å². The molecule has 0 radical (unpaired) electrons. The van der Waals surface area contributed by atoms with Crippen molar-refractivity contribution < 1.29 is 13.9 Å². The van der Waals surface area contributed by atoms with Gasteiger partial charge in [0.05, 0.1) is 24.7 Å².